The van der Waals surface area contributed by atoms with E-state index in [4.69, 9.17) is 0 Å². The molecule has 0 saturated heterocycles. The summed E-state index contributed by atoms with van der Waals surface area (Å²) >= 11 is 0. The Morgan fingerprint density at radius 2 is 1.95 bits per heavy atom. The van der Waals surface area contributed by atoms with E-state index < -0.39 is 0 Å². The molecule has 2 aliphatic carbocycles. The molecule has 2 unspecified atom stereocenters. The van der Waals surface area contributed by atoms with Crippen molar-refractivity contribution >= 4 is 0 Å². The van der Waals surface area contributed by atoms with Crippen LogP contribution < -0.4 is 5.32 Å². The molecule has 3 nitrogen and oxygen atoms in total. The molecule has 0 bridgehead atoms. The van der Waals surface area contributed by atoms with Gasteiger partial charge in [0.2, 0.25) is 0 Å². The monoisotopic (exact) mass is 277 g/mol. The van der Waals surface area contributed by atoms with Gasteiger partial charge in [0.05, 0.1) is 6.07 Å². The predicted molar refractivity (Wildman–Crippen MR) is 83.5 cm³/mol. The first-order valence-corrected chi connectivity index (χ1v) is 8.66. The number of hydrogen-bond acceptors (Lipinski definition) is 3. The Bertz CT molecular complexity index is 330. The lowest BCUT2D eigenvalue weighted by Gasteiger charge is -2.33. The molecule has 20 heavy (non-hydrogen) atoms. The van der Waals surface area contributed by atoms with E-state index in [2.05, 4.69) is 30.1 Å². The second kappa shape index (κ2) is 7.43. The van der Waals surface area contributed by atoms with Crippen molar-refractivity contribution in [2.45, 2.75) is 76.8 Å². The van der Waals surface area contributed by atoms with E-state index in [0.29, 0.717) is 5.92 Å². The molecule has 114 valence electrons. The van der Waals surface area contributed by atoms with Gasteiger partial charge in [0.25, 0.3) is 0 Å². The Morgan fingerprint density at radius 3 is 2.55 bits per heavy atom. The van der Waals surface area contributed by atoms with E-state index in [9.17, 15) is 5.26 Å². The minimum atomic E-state index is -0.232. The Kier molecular flexibility index (Phi) is 5.86. The lowest BCUT2D eigenvalue weighted by atomic mass is 9.85. The third-order valence-corrected chi connectivity index (χ3v) is 5.52. The summed E-state index contributed by atoms with van der Waals surface area (Å²) in [6, 6.07) is 3.43. The number of nitrogens with one attached hydrogen (secondary N) is 1. The van der Waals surface area contributed by atoms with Gasteiger partial charge in [-0.05, 0) is 57.7 Å². The molecule has 0 aromatic carbocycles. The van der Waals surface area contributed by atoms with Crippen molar-refractivity contribution in [3.63, 3.8) is 0 Å². The van der Waals surface area contributed by atoms with Crippen molar-refractivity contribution in [1.29, 1.82) is 5.26 Å². The van der Waals surface area contributed by atoms with Crippen LogP contribution in [0.15, 0.2) is 0 Å². The predicted octanol–water partition coefficient (Wildman–Crippen LogP) is 3.31. The van der Waals surface area contributed by atoms with Crippen LogP contribution in [0.2, 0.25) is 0 Å². The maximum absolute atomic E-state index is 9.63. The molecule has 2 rings (SSSR count). The lowest BCUT2D eigenvalue weighted by Crippen LogP contribution is -2.48. The van der Waals surface area contributed by atoms with E-state index in [1.54, 1.807) is 0 Å². The SMILES string of the molecule is CCNC1(C#N)CCCC1CCN(CC)C1CCCC1. The first kappa shape index (κ1) is 15.8. The van der Waals surface area contributed by atoms with Crippen molar-refractivity contribution in [3.05, 3.63) is 0 Å². The van der Waals surface area contributed by atoms with E-state index in [-0.39, 0.29) is 5.54 Å². The molecule has 2 saturated carbocycles. The second-order valence-corrected chi connectivity index (χ2v) is 6.56. The summed E-state index contributed by atoms with van der Waals surface area (Å²) in [7, 11) is 0. The van der Waals surface area contributed by atoms with Crippen molar-refractivity contribution in [3.8, 4) is 6.07 Å². The van der Waals surface area contributed by atoms with Crippen LogP contribution in [-0.2, 0) is 0 Å². The van der Waals surface area contributed by atoms with Gasteiger partial charge in [0.15, 0.2) is 0 Å². The van der Waals surface area contributed by atoms with Gasteiger partial charge in [-0.25, -0.2) is 0 Å². The van der Waals surface area contributed by atoms with Gasteiger partial charge in [0.1, 0.15) is 5.54 Å². The zero-order valence-corrected chi connectivity index (χ0v) is 13.3. The van der Waals surface area contributed by atoms with Crippen LogP contribution in [0, 0.1) is 17.2 Å². The molecule has 0 aromatic heterocycles. The third kappa shape index (κ3) is 3.35. The van der Waals surface area contributed by atoms with Gasteiger partial charge in [0, 0.05) is 6.04 Å². The highest BCUT2D eigenvalue weighted by Crippen LogP contribution is 2.38. The molecular formula is C17H31N3. The Hall–Kier alpha value is -0.590. The minimum Gasteiger partial charge on any atom is -0.301 e. The first-order chi connectivity index (χ1) is 9.75. The fraction of sp³-hybridized carbons (Fsp3) is 0.941. The van der Waals surface area contributed by atoms with Gasteiger partial charge in [-0.2, -0.15) is 5.26 Å². The van der Waals surface area contributed by atoms with E-state index >= 15 is 0 Å². The fourth-order valence-corrected chi connectivity index (χ4v) is 4.39. The second-order valence-electron chi connectivity index (χ2n) is 6.56. The minimum absolute atomic E-state index is 0.232. The van der Waals surface area contributed by atoms with Crippen LogP contribution in [0.3, 0.4) is 0 Å². The maximum Gasteiger partial charge on any atom is 0.109 e. The topological polar surface area (TPSA) is 39.1 Å². The number of nitrogens with zero attached hydrogens (tertiary/aromatic N) is 2. The summed E-state index contributed by atoms with van der Waals surface area (Å²) in [6.07, 6.45) is 10.2. The average Bonchev–Trinajstić information content (AvgIpc) is 3.11. The van der Waals surface area contributed by atoms with Crippen molar-refractivity contribution in [1.82, 2.24) is 10.2 Å². The van der Waals surface area contributed by atoms with Crippen molar-refractivity contribution in [2.75, 3.05) is 19.6 Å². The van der Waals surface area contributed by atoms with E-state index in [1.807, 2.05) is 0 Å². The van der Waals surface area contributed by atoms with Crippen LogP contribution >= 0.6 is 0 Å². The number of nitriles is 1. The van der Waals surface area contributed by atoms with Crippen LogP contribution in [0.1, 0.15) is 65.2 Å². The van der Waals surface area contributed by atoms with E-state index in [1.165, 1.54) is 51.5 Å². The summed E-state index contributed by atoms with van der Waals surface area (Å²) in [5.74, 6) is 0.544. The maximum atomic E-state index is 9.63. The summed E-state index contributed by atoms with van der Waals surface area (Å²) in [6.45, 7) is 7.66. The zero-order chi connectivity index (χ0) is 14.4. The standard InChI is InChI=1S/C17H31N3/c1-3-19-17(14-18)12-7-8-15(17)11-13-20(4-2)16-9-5-6-10-16/h15-16,19H,3-13H2,1-2H3. The molecule has 0 heterocycles. The zero-order valence-electron chi connectivity index (χ0n) is 13.3. The molecule has 2 aliphatic rings. The molecule has 2 atom stereocenters. The Labute approximate surface area is 124 Å². The van der Waals surface area contributed by atoms with Crippen LogP contribution in [0.25, 0.3) is 0 Å². The molecule has 1 N–H and O–H groups in total. The van der Waals surface area contributed by atoms with Gasteiger partial charge < -0.3 is 4.90 Å². The molecule has 3 heteroatoms. The van der Waals surface area contributed by atoms with Crippen molar-refractivity contribution in [2.24, 2.45) is 5.92 Å². The smallest absolute Gasteiger partial charge is 0.109 e. The van der Waals surface area contributed by atoms with Crippen LogP contribution in [-0.4, -0.2) is 36.1 Å². The van der Waals surface area contributed by atoms with Gasteiger partial charge in [-0.1, -0.05) is 33.1 Å². The van der Waals surface area contributed by atoms with Gasteiger partial charge >= 0.3 is 0 Å². The summed E-state index contributed by atoms with van der Waals surface area (Å²) in [5.41, 5.74) is -0.232. The van der Waals surface area contributed by atoms with Gasteiger partial charge in [-0.15, -0.1) is 0 Å². The third-order valence-electron chi connectivity index (χ3n) is 5.52. The highest BCUT2D eigenvalue weighted by Gasteiger charge is 2.42. The van der Waals surface area contributed by atoms with Crippen LogP contribution in [0.5, 0.6) is 0 Å². The van der Waals surface area contributed by atoms with Gasteiger partial charge in [-0.3, -0.25) is 5.32 Å². The lowest BCUT2D eigenvalue weighted by molar-refractivity contribution is 0.180. The van der Waals surface area contributed by atoms with Crippen LogP contribution in [0.4, 0.5) is 0 Å². The molecule has 0 spiro atoms. The quantitative estimate of drug-likeness (QED) is 0.776. The number of rotatable bonds is 7. The molecule has 2 fully saturated rings. The molecule has 0 aromatic rings. The summed E-state index contributed by atoms with van der Waals surface area (Å²) in [5, 5.41) is 13.1. The van der Waals surface area contributed by atoms with Crippen molar-refractivity contribution < 1.29 is 0 Å². The molecule has 0 radical (unpaired) electrons. The normalized spacial score (nSPS) is 31.0. The Balaban J connectivity index is 1.89. The summed E-state index contributed by atoms with van der Waals surface area (Å²) < 4.78 is 0. The highest BCUT2D eigenvalue weighted by molar-refractivity contribution is 5.14. The molecular weight excluding hydrogens is 246 g/mol. The Morgan fingerprint density at radius 1 is 1.20 bits per heavy atom. The molecule has 0 amide bonds. The first-order valence-electron chi connectivity index (χ1n) is 8.66. The summed E-state index contributed by atoms with van der Waals surface area (Å²) in [4.78, 5) is 2.67. The largest absolute Gasteiger partial charge is 0.301 e. The number of hydrogen-bond donors (Lipinski definition) is 1. The fourth-order valence-electron chi connectivity index (χ4n) is 4.39. The highest BCUT2D eigenvalue weighted by atomic mass is 15.1. The van der Waals surface area contributed by atoms with E-state index in [0.717, 1.165) is 25.6 Å². The molecule has 0 aliphatic heterocycles. The average molecular weight is 277 g/mol.